The summed E-state index contributed by atoms with van der Waals surface area (Å²) in [7, 11) is 0. The normalized spacial score (nSPS) is 13.9. The Morgan fingerprint density at radius 3 is 2.56 bits per heavy atom. The third-order valence-corrected chi connectivity index (χ3v) is 5.41. The van der Waals surface area contributed by atoms with Crippen LogP contribution in [0.3, 0.4) is 0 Å². The van der Waals surface area contributed by atoms with E-state index in [9.17, 15) is 9.90 Å². The molecule has 1 aliphatic rings. The molecule has 2 N–H and O–H groups in total. The first-order chi connectivity index (χ1) is 12.2. The molecule has 0 bridgehead atoms. The van der Waals surface area contributed by atoms with Crippen molar-refractivity contribution in [3.05, 3.63) is 71.1 Å². The van der Waals surface area contributed by atoms with Crippen LogP contribution < -0.4 is 14.6 Å². The van der Waals surface area contributed by atoms with Crippen molar-refractivity contribution in [1.29, 1.82) is 0 Å². The quantitative estimate of drug-likeness (QED) is 0.741. The molecule has 3 heterocycles. The Bertz CT molecular complexity index is 1140. The number of thiophene rings is 1. The number of hydrogen-bond acceptors (Lipinski definition) is 8. The second kappa shape index (κ2) is 6.54. The van der Waals surface area contributed by atoms with Crippen LogP contribution in [-0.2, 0) is 6.42 Å². The first-order valence-corrected chi connectivity index (χ1v) is 8.95. The minimum absolute atomic E-state index is 0.140. The molecule has 1 aromatic carbocycles. The van der Waals surface area contributed by atoms with E-state index in [-0.39, 0.29) is 10.8 Å². The van der Waals surface area contributed by atoms with Gasteiger partial charge in [0.05, 0.1) is 4.88 Å². The summed E-state index contributed by atoms with van der Waals surface area (Å²) in [4.78, 5) is 15.0. The molecule has 0 saturated heterocycles. The summed E-state index contributed by atoms with van der Waals surface area (Å²) in [6, 6.07) is 12.1. The van der Waals surface area contributed by atoms with E-state index >= 15 is 0 Å². The molecule has 9 heteroatoms. The topological polar surface area (TPSA) is 103 Å². The predicted molar refractivity (Wildman–Crippen MR) is 96.1 cm³/mol. The molecule has 0 spiro atoms. The molecule has 2 aromatic heterocycles. The molecule has 0 radical (unpaired) electrons. The van der Waals surface area contributed by atoms with Gasteiger partial charge in [0.2, 0.25) is 11.7 Å². The first-order valence-electron chi connectivity index (χ1n) is 7.31. The van der Waals surface area contributed by atoms with Gasteiger partial charge in [-0.1, -0.05) is 41.7 Å². The van der Waals surface area contributed by atoms with Gasteiger partial charge in [0.25, 0.3) is 0 Å². The first kappa shape index (κ1) is 15.6. The van der Waals surface area contributed by atoms with E-state index in [1.54, 1.807) is 17.4 Å². The number of thiazole rings is 1. The Morgan fingerprint density at radius 1 is 1.12 bits per heavy atom. The summed E-state index contributed by atoms with van der Waals surface area (Å²) in [6.07, 6.45) is 2.52. The van der Waals surface area contributed by atoms with Gasteiger partial charge in [-0.05, 0) is 28.2 Å². The van der Waals surface area contributed by atoms with Crippen LogP contribution in [0.25, 0.3) is 11.9 Å². The van der Waals surface area contributed by atoms with Gasteiger partial charge in [0, 0.05) is 21.0 Å². The largest absolute Gasteiger partial charge is 0.493 e. The zero-order valence-electron chi connectivity index (χ0n) is 12.7. The molecule has 3 aromatic rings. The van der Waals surface area contributed by atoms with Crippen LogP contribution >= 0.6 is 22.7 Å². The van der Waals surface area contributed by atoms with Crippen LogP contribution in [0.4, 0.5) is 0 Å². The highest BCUT2D eigenvalue weighted by Gasteiger charge is 2.09. The number of hydrogen-bond donors (Lipinski definition) is 2. The zero-order chi connectivity index (χ0) is 17.2. The Balaban J connectivity index is 1.87. The third kappa shape index (κ3) is 3.32. The Morgan fingerprint density at radius 2 is 1.88 bits per heavy atom. The summed E-state index contributed by atoms with van der Waals surface area (Å²) < 4.78 is 0.839. The van der Waals surface area contributed by atoms with Crippen LogP contribution in [0.5, 0.6) is 5.88 Å². The monoisotopic (exact) mass is 369 g/mol. The van der Waals surface area contributed by atoms with Crippen molar-refractivity contribution in [2.45, 2.75) is 6.42 Å². The number of aromatic amines is 1. The molecule has 7 nitrogen and oxygen atoms in total. The summed E-state index contributed by atoms with van der Waals surface area (Å²) in [5.74, 6) is 0.280. The summed E-state index contributed by atoms with van der Waals surface area (Å²) >= 11 is 2.50. The smallest absolute Gasteiger partial charge is 0.307 e. The lowest BCUT2D eigenvalue weighted by Crippen LogP contribution is -2.19. The average Bonchev–Trinajstić information content (AvgIpc) is 3.30. The van der Waals surface area contributed by atoms with Crippen molar-refractivity contribution < 1.29 is 5.11 Å². The van der Waals surface area contributed by atoms with Gasteiger partial charge in [-0.25, -0.2) is 0 Å². The number of nitrogens with one attached hydrogen (secondary N) is 1. The number of aromatic hydroxyl groups is 1. The second-order valence-electron chi connectivity index (χ2n) is 5.23. The highest BCUT2D eigenvalue weighted by molar-refractivity contribution is 7.11. The van der Waals surface area contributed by atoms with Gasteiger partial charge in [0.15, 0.2) is 0 Å². The molecular formula is C16H11N5O2S2. The lowest BCUT2D eigenvalue weighted by Gasteiger charge is -1.96. The second-order valence-corrected chi connectivity index (χ2v) is 7.41. The number of benzene rings is 1. The van der Waals surface area contributed by atoms with E-state index in [0.717, 1.165) is 32.4 Å². The molecule has 0 fully saturated rings. The van der Waals surface area contributed by atoms with Crippen LogP contribution in [0.15, 0.2) is 61.9 Å². The molecule has 1 aliphatic heterocycles. The number of H-pyrrole nitrogens is 1. The standard InChI is InChI=1S/C16H11N5O2S2/c22-15-13(25-16(23)17-15)8-12-11(14-18-20-21-19-14)7-10(24-12)6-9-4-2-1-3-5-9/h1-5,7-8,22H,6H2,(H,17,23)/b12-8-. The molecular weight excluding hydrogens is 358 g/mol. The molecule has 0 aliphatic carbocycles. The van der Waals surface area contributed by atoms with Crippen LogP contribution in [0, 0.1) is 0 Å². The molecule has 25 heavy (non-hydrogen) atoms. The molecule has 0 unspecified atom stereocenters. The highest BCUT2D eigenvalue weighted by Crippen LogP contribution is 2.18. The lowest BCUT2D eigenvalue weighted by atomic mass is 10.1. The van der Waals surface area contributed by atoms with Gasteiger partial charge >= 0.3 is 4.87 Å². The van der Waals surface area contributed by atoms with Gasteiger partial charge in [-0.15, -0.1) is 21.6 Å². The van der Waals surface area contributed by atoms with Crippen molar-refractivity contribution >= 4 is 34.6 Å². The molecule has 0 saturated carbocycles. The maximum absolute atomic E-state index is 11.4. The number of aromatic nitrogens is 1. The van der Waals surface area contributed by atoms with E-state index in [0.29, 0.717) is 10.7 Å². The van der Waals surface area contributed by atoms with Gasteiger partial charge in [-0.3, -0.25) is 9.78 Å². The Hall–Kier alpha value is -2.91. The van der Waals surface area contributed by atoms with E-state index in [1.807, 2.05) is 24.3 Å². The van der Waals surface area contributed by atoms with Crippen LogP contribution in [0.1, 0.15) is 15.3 Å². The fourth-order valence-corrected chi connectivity index (χ4v) is 4.31. The van der Waals surface area contributed by atoms with Crippen molar-refractivity contribution in [2.24, 2.45) is 20.7 Å². The maximum atomic E-state index is 11.4. The van der Waals surface area contributed by atoms with E-state index < -0.39 is 0 Å². The van der Waals surface area contributed by atoms with Crippen molar-refractivity contribution in [3.63, 3.8) is 0 Å². The predicted octanol–water partition coefficient (Wildman–Crippen LogP) is 2.52. The molecule has 0 atom stereocenters. The SMILES string of the molecule is O=c1[nH]c(O)c(/C=c2\sc(Cc3ccccc3)cc2=C2N=NN=N2)s1. The summed E-state index contributed by atoms with van der Waals surface area (Å²) in [5.41, 5.74) is 1.19. The minimum Gasteiger partial charge on any atom is -0.493 e. The molecule has 4 rings (SSSR count). The van der Waals surface area contributed by atoms with Gasteiger partial charge < -0.3 is 5.11 Å². The summed E-state index contributed by atoms with van der Waals surface area (Å²) in [5, 5.41) is 25.5. The maximum Gasteiger partial charge on any atom is 0.307 e. The van der Waals surface area contributed by atoms with Gasteiger partial charge in [-0.2, -0.15) is 0 Å². The Labute approximate surface area is 149 Å². The average molecular weight is 369 g/mol. The van der Waals surface area contributed by atoms with Crippen molar-refractivity contribution in [2.75, 3.05) is 0 Å². The van der Waals surface area contributed by atoms with E-state index in [1.165, 1.54) is 5.56 Å². The highest BCUT2D eigenvalue weighted by atomic mass is 32.1. The van der Waals surface area contributed by atoms with Crippen LogP contribution in [-0.4, -0.2) is 10.1 Å². The minimum atomic E-state index is -0.306. The summed E-state index contributed by atoms with van der Waals surface area (Å²) in [6.45, 7) is 0. The zero-order valence-corrected chi connectivity index (χ0v) is 14.3. The number of nitrogens with zero attached hydrogens (tertiary/aromatic N) is 4. The lowest BCUT2D eigenvalue weighted by molar-refractivity contribution is 0.455. The van der Waals surface area contributed by atoms with Crippen molar-refractivity contribution in [1.82, 2.24) is 4.98 Å². The molecule has 0 amide bonds. The fraction of sp³-hybridized carbons (Fsp3) is 0.0625. The van der Waals surface area contributed by atoms with E-state index in [4.69, 9.17) is 0 Å². The van der Waals surface area contributed by atoms with Crippen LogP contribution in [0.2, 0.25) is 0 Å². The third-order valence-electron chi connectivity index (χ3n) is 3.51. The Kier molecular flexibility index (Phi) is 4.08. The molecule has 124 valence electrons. The van der Waals surface area contributed by atoms with Gasteiger partial charge in [0.1, 0.15) is 0 Å². The van der Waals surface area contributed by atoms with E-state index in [2.05, 4.69) is 37.8 Å². The number of rotatable bonds is 3. The fourth-order valence-electron chi connectivity index (χ4n) is 2.43. The van der Waals surface area contributed by atoms with Crippen molar-refractivity contribution in [3.8, 4) is 5.88 Å².